The predicted molar refractivity (Wildman–Crippen MR) is 115 cm³/mol. The lowest BCUT2D eigenvalue weighted by molar-refractivity contribution is -0.129. The Labute approximate surface area is 176 Å². The Morgan fingerprint density at radius 2 is 1.93 bits per heavy atom. The first kappa shape index (κ1) is 19.9. The third-order valence-corrected chi connectivity index (χ3v) is 5.65. The first-order valence-corrected chi connectivity index (χ1v) is 10.3. The number of imidazole rings is 1. The van der Waals surface area contributed by atoms with Gasteiger partial charge < -0.3 is 14.8 Å². The Kier molecular flexibility index (Phi) is 5.93. The van der Waals surface area contributed by atoms with Crippen molar-refractivity contribution in [2.24, 2.45) is 5.92 Å². The Morgan fingerprint density at radius 3 is 2.63 bits per heavy atom. The molecule has 0 saturated carbocycles. The van der Waals surface area contributed by atoms with Gasteiger partial charge in [0.15, 0.2) is 0 Å². The van der Waals surface area contributed by atoms with E-state index in [0.29, 0.717) is 13.1 Å². The first-order valence-electron chi connectivity index (χ1n) is 10.3. The van der Waals surface area contributed by atoms with E-state index in [1.54, 1.807) is 12.5 Å². The largest absolute Gasteiger partial charge is 0.349 e. The number of amides is 2. The molecule has 2 heterocycles. The van der Waals surface area contributed by atoms with Crippen molar-refractivity contribution < 1.29 is 9.59 Å². The highest BCUT2D eigenvalue weighted by Gasteiger charge is 2.34. The van der Waals surface area contributed by atoms with Crippen molar-refractivity contribution in [3.63, 3.8) is 0 Å². The topological polar surface area (TPSA) is 67.2 Å². The van der Waals surface area contributed by atoms with Crippen LogP contribution in [-0.2, 0) is 16.0 Å². The first-order chi connectivity index (χ1) is 14.6. The Balaban J connectivity index is 1.30. The van der Waals surface area contributed by atoms with Crippen LogP contribution in [0, 0.1) is 5.92 Å². The van der Waals surface area contributed by atoms with Crippen LogP contribution in [0.1, 0.15) is 30.5 Å². The molecule has 4 rings (SSSR count). The molecule has 1 aliphatic rings. The lowest BCUT2D eigenvalue weighted by Gasteiger charge is -2.19. The lowest BCUT2D eigenvalue weighted by atomic mass is 10.0. The van der Waals surface area contributed by atoms with Crippen LogP contribution in [0.2, 0.25) is 0 Å². The highest BCUT2D eigenvalue weighted by molar-refractivity contribution is 5.89. The molecule has 0 spiro atoms. The normalized spacial score (nSPS) is 17.2. The molecule has 2 atom stereocenters. The van der Waals surface area contributed by atoms with Gasteiger partial charge in [-0.15, -0.1) is 0 Å². The van der Waals surface area contributed by atoms with Gasteiger partial charge in [-0.1, -0.05) is 42.5 Å². The zero-order valence-electron chi connectivity index (χ0n) is 17.1. The van der Waals surface area contributed by atoms with E-state index in [2.05, 4.69) is 22.4 Å². The average molecular weight is 402 g/mol. The third kappa shape index (κ3) is 4.59. The number of likely N-dealkylation sites (tertiary alicyclic amines) is 1. The maximum atomic E-state index is 12.7. The molecule has 1 aromatic heterocycles. The fourth-order valence-electron chi connectivity index (χ4n) is 3.83. The molecule has 0 radical (unpaired) electrons. The minimum absolute atomic E-state index is 0.0586. The molecule has 1 saturated heterocycles. The number of aromatic nitrogens is 2. The Morgan fingerprint density at radius 1 is 1.17 bits per heavy atom. The maximum absolute atomic E-state index is 12.7. The number of carbonyl (C=O) groups excluding carboxylic acids is 2. The zero-order chi connectivity index (χ0) is 20.9. The number of benzene rings is 2. The number of hydrogen-bond acceptors (Lipinski definition) is 3. The quantitative estimate of drug-likeness (QED) is 0.660. The lowest BCUT2D eigenvalue weighted by Crippen LogP contribution is -2.35. The van der Waals surface area contributed by atoms with Crippen LogP contribution in [-0.4, -0.2) is 39.4 Å². The number of nitrogens with zero attached hydrogens (tertiary/aromatic N) is 3. The minimum Gasteiger partial charge on any atom is -0.349 e. The average Bonchev–Trinajstić information content (AvgIpc) is 3.43. The van der Waals surface area contributed by atoms with E-state index in [9.17, 15) is 9.59 Å². The molecule has 1 fully saturated rings. The van der Waals surface area contributed by atoms with Crippen molar-refractivity contribution in [2.45, 2.75) is 25.8 Å². The number of rotatable bonds is 7. The second kappa shape index (κ2) is 8.95. The molecule has 154 valence electrons. The van der Waals surface area contributed by atoms with Gasteiger partial charge in [0.1, 0.15) is 0 Å². The fourth-order valence-corrected chi connectivity index (χ4v) is 3.83. The summed E-state index contributed by atoms with van der Waals surface area (Å²) in [4.78, 5) is 31.0. The van der Waals surface area contributed by atoms with Gasteiger partial charge in [-0.2, -0.15) is 0 Å². The molecule has 0 unspecified atom stereocenters. The van der Waals surface area contributed by atoms with Crippen molar-refractivity contribution in [3.05, 3.63) is 84.4 Å². The summed E-state index contributed by atoms with van der Waals surface area (Å²) in [7, 11) is 0. The van der Waals surface area contributed by atoms with Gasteiger partial charge in [-0.05, 0) is 36.6 Å². The fraction of sp³-hybridized carbons (Fsp3) is 0.292. The molecular weight excluding hydrogens is 376 g/mol. The monoisotopic (exact) mass is 402 g/mol. The minimum atomic E-state index is -0.291. The van der Waals surface area contributed by atoms with Crippen LogP contribution in [0.25, 0.3) is 5.69 Å². The van der Waals surface area contributed by atoms with Gasteiger partial charge in [-0.25, -0.2) is 4.98 Å². The maximum Gasteiger partial charge on any atom is 0.225 e. The Hall–Kier alpha value is -3.41. The SMILES string of the molecule is C[C@@H](NC(=O)[C@H]1CC(=O)N(CCc2ccccc2)C1)c1ccc(-n2ccnc2)cc1. The highest BCUT2D eigenvalue weighted by atomic mass is 16.2. The van der Waals surface area contributed by atoms with Crippen molar-refractivity contribution in [2.75, 3.05) is 13.1 Å². The van der Waals surface area contributed by atoms with E-state index in [0.717, 1.165) is 17.7 Å². The summed E-state index contributed by atoms with van der Waals surface area (Å²) in [5.74, 6) is -0.291. The van der Waals surface area contributed by atoms with Crippen molar-refractivity contribution >= 4 is 11.8 Å². The van der Waals surface area contributed by atoms with E-state index in [4.69, 9.17) is 0 Å². The summed E-state index contributed by atoms with van der Waals surface area (Å²) < 4.78 is 1.93. The molecule has 2 amide bonds. The summed E-state index contributed by atoms with van der Waals surface area (Å²) in [6, 6.07) is 18.0. The standard InChI is InChI=1S/C24H26N4O2/c1-18(20-7-9-22(10-8-20)28-14-12-25-17-28)26-24(30)21-15-23(29)27(16-21)13-11-19-5-3-2-4-6-19/h2-10,12,14,17-18,21H,11,13,15-16H2,1H3,(H,26,30)/t18-,21+/m1/s1. The summed E-state index contributed by atoms with van der Waals surface area (Å²) >= 11 is 0. The van der Waals surface area contributed by atoms with Crippen LogP contribution in [0.15, 0.2) is 73.3 Å². The van der Waals surface area contributed by atoms with Crippen LogP contribution >= 0.6 is 0 Å². The summed E-state index contributed by atoms with van der Waals surface area (Å²) in [6.07, 6.45) is 6.47. The molecule has 6 heteroatoms. The molecule has 1 aliphatic heterocycles. The number of carbonyl (C=O) groups is 2. The summed E-state index contributed by atoms with van der Waals surface area (Å²) in [5.41, 5.74) is 3.24. The molecule has 0 bridgehead atoms. The molecule has 3 aromatic rings. The number of hydrogen-bond donors (Lipinski definition) is 1. The van der Waals surface area contributed by atoms with Crippen molar-refractivity contribution in [1.82, 2.24) is 19.8 Å². The van der Waals surface area contributed by atoms with Crippen LogP contribution < -0.4 is 5.32 Å². The summed E-state index contributed by atoms with van der Waals surface area (Å²) in [6.45, 7) is 3.11. The van der Waals surface area contributed by atoms with Gasteiger partial charge in [-0.3, -0.25) is 9.59 Å². The third-order valence-electron chi connectivity index (χ3n) is 5.65. The summed E-state index contributed by atoms with van der Waals surface area (Å²) in [5, 5.41) is 3.07. The van der Waals surface area contributed by atoms with E-state index >= 15 is 0 Å². The van der Waals surface area contributed by atoms with Gasteiger partial charge in [0.25, 0.3) is 0 Å². The van der Waals surface area contributed by atoms with Crippen molar-refractivity contribution in [1.29, 1.82) is 0 Å². The second-order valence-corrected chi connectivity index (χ2v) is 7.77. The van der Waals surface area contributed by atoms with Gasteiger partial charge in [0, 0.05) is 37.6 Å². The smallest absolute Gasteiger partial charge is 0.225 e. The molecule has 6 nitrogen and oxygen atoms in total. The molecule has 2 aromatic carbocycles. The van der Waals surface area contributed by atoms with Gasteiger partial charge >= 0.3 is 0 Å². The zero-order valence-corrected chi connectivity index (χ0v) is 17.1. The van der Waals surface area contributed by atoms with Crippen LogP contribution in [0.3, 0.4) is 0 Å². The Bertz CT molecular complexity index is 984. The molecular formula is C24H26N4O2. The van der Waals surface area contributed by atoms with E-state index < -0.39 is 0 Å². The second-order valence-electron chi connectivity index (χ2n) is 7.77. The predicted octanol–water partition coefficient (Wildman–Crippen LogP) is 3.14. The van der Waals surface area contributed by atoms with E-state index in [1.807, 2.05) is 65.1 Å². The van der Waals surface area contributed by atoms with Crippen molar-refractivity contribution in [3.8, 4) is 5.69 Å². The van der Waals surface area contributed by atoms with E-state index in [-0.39, 0.29) is 30.2 Å². The van der Waals surface area contributed by atoms with Gasteiger partial charge in [0.05, 0.1) is 18.3 Å². The number of nitrogens with one attached hydrogen (secondary N) is 1. The van der Waals surface area contributed by atoms with E-state index in [1.165, 1.54) is 5.56 Å². The highest BCUT2D eigenvalue weighted by Crippen LogP contribution is 2.21. The molecule has 1 N–H and O–H groups in total. The van der Waals surface area contributed by atoms with Crippen LogP contribution in [0.4, 0.5) is 0 Å². The van der Waals surface area contributed by atoms with Gasteiger partial charge in [0.2, 0.25) is 11.8 Å². The molecule has 30 heavy (non-hydrogen) atoms. The van der Waals surface area contributed by atoms with Crippen LogP contribution in [0.5, 0.6) is 0 Å². The molecule has 0 aliphatic carbocycles.